The third-order valence-corrected chi connectivity index (χ3v) is 3.89. The quantitative estimate of drug-likeness (QED) is 0.810. The van der Waals surface area contributed by atoms with Crippen LogP contribution in [0.4, 0.5) is 0 Å². The van der Waals surface area contributed by atoms with Crippen LogP contribution in [0.1, 0.15) is 41.3 Å². The molecule has 2 rings (SSSR count). The van der Waals surface area contributed by atoms with E-state index in [2.05, 4.69) is 32.2 Å². The number of hydrogen-bond acceptors (Lipinski definition) is 2. The minimum absolute atomic E-state index is 0.166. The highest BCUT2D eigenvalue weighted by molar-refractivity contribution is 6.01. The molecule has 1 aliphatic rings. The second-order valence-corrected chi connectivity index (χ2v) is 5.27. The summed E-state index contributed by atoms with van der Waals surface area (Å²) in [5.41, 5.74) is 3.06. The SMILES string of the molecule is CCC1(C(=O)c2cc(C)cc(C)c2)CCNC1. The highest BCUT2D eigenvalue weighted by Crippen LogP contribution is 2.33. The molecule has 0 radical (unpaired) electrons. The molecule has 17 heavy (non-hydrogen) atoms. The number of carbonyl (C=O) groups excluding carboxylic acids is 1. The zero-order valence-electron chi connectivity index (χ0n) is 11.0. The van der Waals surface area contributed by atoms with Crippen LogP contribution in [0.5, 0.6) is 0 Å². The molecule has 92 valence electrons. The van der Waals surface area contributed by atoms with E-state index in [1.807, 2.05) is 12.1 Å². The predicted octanol–water partition coefficient (Wildman–Crippen LogP) is 2.88. The Bertz CT molecular complexity index is 410. The molecular weight excluding hydrogens is 210 g/mol. The van der Waals surface area contributed by atoms with E-state index in [1.165, 1.54) is 11.1 Å². The fraction of sp³-hybridized carbons (Fsp3) is 0.533. The Morgan fingerprint density at radius 3 is 2.41 bits per heavy atom. The van der Waals surface area contributed by atoms with E-state index in [4.69, 9.17) is 0 Å². The van der Waals surface area contributed by atoms with Crippen LogP contribution < -0.4 is 5.32 Å². The first-order valence-electron chi connectivity index (χ1n) is 6.41. The fourth-order valence-corrected chi connectivity index (χ4v) is 2.81. The van der Waals surface area contributed by atoms with Gasteiger partial charge in [0.05, 0.1) is 0 Å². The molecule has 1 aromatic rings. The number of ketones is 1. The van der Waals surface area contributed by atoms with E-state index >= 15 is 0 Å². The van der Waals surface area contributed by atoms with Crippen molar-refractivity contribution in [3.8, 4) is 0 Å². The maximum absolute atomic E-state index is 12.7. The van der Waals surface area contributed by atoms with Crippen LogP contribution in [0.15, 0.2) is 18.2 Å². The standard InChI is InChI=1S/C15H21NO/c1-4-15(5-6-16-10-15)14(17)13-8-11(2)7-12(3)9-13/h7-9,16H,4-6,10H2,1-3H3. The molecule has 1 heterocycles. The first-order valence-corrected chi connectivity index (χ1v) is 6.41. The van der Waals surface area contributed by atoms with E-state index in [-0.39, 0.29) is 5.41 Å². The number of nitrogens with one attached hydrogen (secondary N) is 1. The molecule has 1 aromatic carbocycles. The average molecular weight is 231 g/mol. The van der Waals surface area contributed by atoms with E-state index < -0.39 is 0 Å². The van der Waals surface area contributed by atoms with Crippen LogP contribution in [0.25, 0.3) is 0 Å². The van der Waals surface area contributed by atoms with E-state index in [0.29, 0.717) is 5.78 Å². The van der Waals surface area contributed by atoms with E-state index in [0.717, 1.165) is 31.5 Å². The Morgan fingerprint density at radius 2 is 1.94 bits per heavy atom. The lowest BCUT2D eigenvalue weighted by Gasteiger charge is -2.25. The summed E-state index contributed by atoms with van der Waals surface area (Å²) in [5.74, 6) is 0.316. The number of aryl methyl sites for hydroxylation is 2. The third kappa shape index (κ3) is 2.27. The summed E-state index contributed by atoms with van der Waals surface area (Å²) < 4.78 is 0. The van der Waals surface area contributed by atoms with Crippen LogP contribution in [-0.2, 0) is 0 Å². The smallest absolute Gasteiger partial charge is 0.170 e. The van der Waals surface area contributed by atoms with Gasteiger partial charge in [-0.2, -0.15) is 0 Å². The van der Waals surface area contributed by atoms with Gasteiger partial charge < -0.3 is 5.32 Å². The van der Waals surface area contributed by atoms with Crippen molar-refractivity contribution >= 4 is 5.78 Å². The van der Waals surface area contributed by atoms with Gasteiger partial charge in [-0.05, 0) is 45.4 Å². The lowest BCUT2D eigenvalue weighted by Crippen LogP contribution is -2.33. The van der Waals surface area contributed by atoms with Crippen LogP contribution in [-0.4, -0.2) is 18.9 Å². The summed E-state index contributed by atoms with van der Waals surface area (Å²) in [4.78, 5) is 12.7. The number of hydrogen-bond donors (Lipinski definition) is 1. The summed E-state index contributed by atoms with van der Waals surface area (Å²) in [6.07, 6.45) is 1.89. The molecule has 0 spiro atoms. The fourth-order valence-electron chi connectivity index (χ4n) is 2.81. The maximum atomic E-state index is 12.7. The van der Waals surface area contributed by atoms with Crippen molar-refractivity contribution < 1.29 is 4.79 Å². The molecule has 0 amide bonds. The summed E-state index contributed by atoms with van der Waals surface area (Å²) in [6, 6.07) is 6.15. The Hall–Kier alpha value is -1.15. The highest BCUT2D eigenvalue weighted by atomic mass is 16.1. The molecule has 1 N–H and O–H groups in total. The summed E-state index contributed by atoms with van der Waals surface area (Å²) >= 11 is 0. The number of carbonyl (C=O) groups is 1. The van der Waals surface area contributed by atoms with Gasteiger partial charge in [0.2, 0.25) is 0 Å². The van der Waals surface area contributed by atoms with Crippen LogP contribution >= 0.6 is 0 Å². The Labute approximate surface area is 103 Å². The molecule has 1 unspecified atom stereocenters. The molecule has 0 saturated carbocycles. The molecule has 1 atom stereocenters. The van der Waals surface area contributed by atoms with Gasteiger partial charge >= 0.3 is 0 Å². The number of rotatable bonds is 3. The normalized spacial score (nSPS) is 23.9. The summed E-state index contributed by atoms with van der Waals surface area (Å²) in [7, 11) is 0. The van der Waals surface area contributed by atoms with Gasteiger partial charge in [0.25, 0.3) is 0 Å². The van der Waals surface area contributed by atoms with Crippen molar-refractivity contribution in [3.05, 3.63) is 34.9 Å². The first-order chi connectivity index (χ1) is 8.07. The van der Waals surface area contributed by atoms with E-state index in [9.17, 15) is 4.79 Å². The first kappa shape index (κ1) is 12.3. The molecule has 1 fully saturated rings. The van der Waals surface area contributed by atoms with Gasteiger partial charge in [-0.25, -0.2) is 0 Å². The molecular formula is C15H21NO. The molecule has 0 aliphatic carbocycles. The molecule has 1 aliphatic heterocycles. The van der Waals surface area contributed by atoms with Gasteiger partial charge in [-0.1, -0.05) is 24.1 Å². The second-order valence-electron chi connectivity index (χ2n) is 5.27. The second kappa shape index (κ2) is 4.61. The average Bonchev–Trinajstić information content (AvgIpc) is 2.76. The van der Waals surface area contributed by atoms with Crippen molar-refractivity contribution in [2.45, 2.75) is 33.6 Å². The molecule has 2 heteroatoms. The van der Waals surface area contributed by atoms with Crippen LogP contribution in [0, 0.1) is 19.3 Å². The van der Waals surface area contributed by atoms with Crippen LogP contribution in [0.3, 0.4) is 0 Å². The monoisotopic (exact) mass is 231 g/mol. The topological polar surface area (TPSA) is 29.1 Å². The largest absolute Gasteiger partial charge is 0.316 e. The Kier molecular flexibility index (Phi) is 3.34. The number of Topliss-reactive ketones (excluding diaryl/α,β-unsaturated/α-hetero) is 1. The maximum Gasteiger partial charge on any atom is 0.170 e. The molecule has 2 nitrogen and oxygen atoms in total. The molecule has 0 bridgehead atoms. The van der Waals surface area contributed by atoms with E-state index in [1.54, 1.807) is 0 Å². The van der Waals surface area contributed by atoms with Gasteiger partial charge in [-0.3, -0.25) is 4.79 Å². The van der Waals surface area contributed by atoms with Crippen molar-refractivity contribution in [2.75, 3.05) is 13.1 Å². The minimum Gasteiger partial charge on any atom is -0.316 e. The number of benzene rings is 1. The predicted molar refractivity (Wildman–Crippen MR) is 70.5 cm³/mol. The van der Waals surface area contributed by atoms with Gasteiger partial charge in [0, 0.05) is 17.5 Å². The van der Waals surface area contributed by atoms with Crippen LogP contribution in [0.2, 0.25) is 0 Å². The highest BCUT2D eigenvalue weighted by Gasteiger charge is 2.39. The Morgan fingerprint density at radius 1 is 1.29 bits per heavy atom. The van der Waals surface area contributed by atoms with Crippen molar-refractivity contribution in [3.63, 3.8) is 0 Å². The van der Waals surface area contributed by atoms with Crippen molar-refractivity contribution in [1.29, 1.82) is 0 Å². The molecule has 1 saturated heterocycles. The third-order valence-electron chi connectivity index (χ3n) is 3.89. The van der Waals surface area contributed by atoms with Crippen molar-refractivity contribution in [2.24, 2.45) is 5.41 Å². The summed E-state index contributed by atoms with van der Waals surface area (Å²) in [5, 5.41) is 3.32. The summed E-state index contributed by atoms with van der Waals surface area (Å²) in [6.45, 7) is 8.01. The zero-order chi connectivity index (χ0) is 12.5. The van der Waals surface area contributed by atoms with Gasteiger partial charge in [0.1, 0.15) is 0 Å². The Balaban J connectivity index is 2.35. The lowest BCUT2D eigenvalue weighted by molar-refractivity contribution is 0.0810. The van der Waals surface area contributed by atoms with Gasteiger partial charge in [0.15, 0.2) is 5.78 Å². The minimum atomic E-state index is -0.166. The molecule has 0 aromatic heterocycles. The van der Waals surface area contributed by atoms with Crippen molar-refractivity contribution in [1.82, 2.24) is 5.32 Å². The lowest BCUT2D eigenvalue weighted by atomic mass is 9.77. The van der Waals surface area contributed by atoms with Gasteiger partial charge in [-0.15, -0.1) is 0 Å². The zero-order valence-corrected chi connectivity index (χ0v) is 11.0.